The molecule has 0 N–H and O–H groups in total. The summed E-state index contributed by atoms with van der Waals surface area (Å²) in [4.78, 5) is 12.1. The van der Waals surface area contributed by atoms with Crippen molar-refractivity contribution in [1.29, 1.82) is 0 Å². The Morgan fingerprint density at radius 1 is 0.900 bits per heavy atom. The molecule has 2 aromatic carbocycles. The van der Waals surface area contributed by atoms with Gasteiger partial charge in [-0.15, -0.1) is 0 Å². The lowest BCUT2D eigenvalue weighted by molar-refractivity contribution is 0.0921. The lowest BCUT2D eigenvalue weighted by Gasteiger charge is -2.10. The van der Waals surface area contributed by atoms with E-state index in [0.29, 0.717) is 5.56 Å². The molecule has 0 aliphatic carbocycles. The molecule has 0 saturated heterocycles. The molecule has 0 atom stereocenters. The van der Waals surface area contributed by atoms with Crippen molar-refractivity contribution in [2.24, 2.45) is 0 Å². The zero-order valence-corrected chi connectivity index (χ0v) is 12.5. The van der Waals surface area contributed by atoms with Crippen LogP contribution >= 0.6 is 0 Å². The van der Waals surface area contributed by atoms with Gasteiger partial charge in [-0.1, -0.05) is 29.8 Å². The molecule has 0 aliphatic heterocycles. The molecule has 0 saturated carbocycles. The highest BCUT2D eigenvalue weighted by Gasteiger charge is 2.09. The van der Waals surface area contributed by atoms with Crippen molar-refractivity contribution >= 4 is 5.78 Å². The smallest absolute Gasteiger partial charge is 0.200 e. The van der Waals surface area contributed by atoms with Crippen LogP contribution in [0.15, 0.2) is 36.4 Å². The maximum absolute atomic E-state index is 12.1. The van der Waals surface area contributed by atoms with Crippen LogP contribution in [-0.4, -0.2) is 12.4 Å². The predicted molar refractivity (Wildman–Crippen MR) is 81.7 cm³/mol. The van der Waals surface area contributed by atoms with Crippen LogP contribution in [0.4, 0.5) is 0 Å². The van der Waals surface area contributed by atoms with Gasteiger partial charge in [0.25, 0.3) is 0 Å². The van der Waals surface area contributed by atoms with Crippen LogP contribution in [-0.2, 0) is 0 Å². The SMILES string of the molecule is Cc1ccc(OCC(=O)c2ccc(C)c(C)c2)c(C)c1. The molecular weight excluding hydrogens is 248 g/mol. The van der Waals surface area contributed by atoms with Crippen molar-refractivity contribution in [3.63, 3.8) is 0 Å². The first-order valence-corrected chi connectivity index (χ1v) is 6.78. The lowest BCUT2D eigenvalue weighted by atomic mass is 10.0. The molecule has 2 nitrogen and oxygen atoms in total. The Bertz CT molecular complexity index is 642. The predicted octanol–water partition coefficient (Wildman–Crippen LogP) is 4.18. The quantitative estimate of drug-likeness (QED) is 0.777. The van der Waals surface area contributed by atoms with E-state index in [1.165, 1.54) is 11.1 Å². The summed E-state index contributed by atoms with van der Waals surface area (Å²) in [5.41, 5.74) is 5.27. The van der Waals surface area contributed by atoms with E-state index in [1.807, 2.05) is 58.0 Å². The Morgan fingerprint density at radius 3 is 2.30 bits per heavy atom. The number of hydrogen-bond donors (Lipinski definition) is 0. The van der Waals surface area contributed by atoms with Gasteiger partial charge < -0.3 is 4.74 Å². The van der Waals surface area contributed by atoms with E-state index in [0.717, 1.165) is 16.9 Å². The second kappa shape index (κ2) is 5.91. The third-order valence-corrected chi connectivity index (χ3v) is 3.52. The molecule has 0 spiro atoms. The standard InChI is InChI=1S/C18H20O2/c1-12-5-8-18(15(4)9-12)20-11-17(19)16-7-6-13(2)14(3)10-16/h5-10H,11H2,1-4H3. The highest BCUT2D eigenvalue weighted by atomic mass is 16.5. The summed E-state index contributed by atoms with van der Waals surface area (Å²) in [7, 11) is 0. The normalized spacial score (nSPS) is 10.4. The number of rotatable bonds is 4. The zero-order chi connectivity index (χ0) is 14.7. The minimum absolute atomic E-state index is 0.00748. The number of aryl methyl sites for hydroxylation is 4. The van der Waals surface area contributed by atoms with Crippen molar-refractivity contribution in [2.45, 2.75) is 27.7 Å². The van der Waals surface area contributed by atoms with Gasteiger partial charge in [0.05, 0.1) is 0 Å². The molecule has 104 valence electrons. The minimum Gasteiger partial charge on any atom is -0.485 e. The summed E-state index contributed by atoms with van der Waals surface area (Å²) >= 11 is 0. The van der Waals surface area contributed by atoms with Crippen LogP contribution in [0.25, 0.3) is 0 Å². The van der Waals surface area contributed by atoms with E-state index < -0.39 is 0 Å². The summed E-state index contributed by atoms with van der Waals surface area (Å²) in [6.45, 7) is 8.15. The summed E-state index contributed by atoms with van der Waals surface area (Å²) in [6.07, 6.45) is 0. The summed E-state index contributed by atoms with van der Waals surface area (Å²) in [5.74, 6) is 0.779. The van der Waals surface area contributed by atoms with Crippen molar-refractivity contribution in [2.75, 3.05) is 6.61 Å². The first kappa shape index (κ1) is 14.3. The Balaban J connectivity index is 2.06. The Morgan fingerprint density at radius 2 is 1.65 bits per heavy atom. The summed E-state index contributed by atoms with van der Waals surface area (Å²) < 4.78 is 5.63. The van der Waals surface area contributed by atoms with Crippen LogP contribution in [0.3, 0.4) is 0 Å². The van der Waals surface area contributed by atoms with Gasteiger partial charge in [0.15, 0.2) is 12.4 Å². The fourth-order valence-electron chi connectivity index (χ4n) is 2.10. The fraction of sp³-hybridized carbons (Fsp3) is 0.278. The van der Waals surface area contributed by atoms with Gasteiger partial charge in [0.2, 0.25) is 0 Å². The average Bonchev–Trinajstić information content (AvgIpc) is 2.40. The van der Waals surface area contributed by atoms with E-state index in [9.17, 15) is 4.79 Å². The van der Waals surface area contributed by atoms with Crippen LogP contribution in [0.1, 0.15) is 32.6 Å². The first-order chi connectivity index (χ1) is 9.47. The molecule has 2 heteroatoms. The number of carbonyl (C=O) groups is 1. The summed E-state index contributed by atoms with van der Waals surface area (Å²) in [5, 5.41) is 0. The lowest BCUT2D eigenvalue weighted by Crippen LogP contribution is -2.12. The maximum atomic E-state index is 12.1. The third-order valence-electron chi connectivity index (χ3n) is 3.52. The largest absolute Gasteiger partial charge is 0.485 e. The van der Waals surface area contributed by atoms with Gasteiger partial charge >= 0.3 is 0 Å². The number of Topliss-reactive ketones (excluding diaryl/α,β-unsaturated/α-hetero) is 1. The van der Waals surface area contributed by atoms with Crippen LogP contribution in [0.2, 0.25) is 0 Å². The van der Waals surface area contributed by atoms with E-state index in [-0.39, 0.29) is 12.4 Å². The molecule has 0 aliphatic rings. The number of benzene rings is 2. The molecule has 2 rings (SSSR count). The van der Waals surface area contributed by atoms with E-state index in [2.05, 4.69) is 6.07 Å². The van der Waals surface area contributed by atoms with Crippen molar-refractivity contribution < 1.29 is 9.53 Å². The Kier molecular flexibility index (Phi) is 4.23. The molecule has 0 unspecified atom stereocenters. The molecule has 0 fully saturated rings. The van der Waals surface area contributed by atoms with Gasteiger partial charge in [-0.3, -0.25) is 4.79 Å². The molecule has 20 heavy (non-hydrogen) atoms. The van der Waals surface area contributed by atoms with Gasteiger partial charge in [-0.2, -0.15) is 0 Å². The van der Waals surface area contributed by atoms with Gasteiger partial charge in [-0.25, -0.2) is 0 Å². The molecule has 0 aromatic heterocycles. The van der Waals surface area contributed by atoms with Crippen molar-refractivity contribution in [3.05, 3.63) is 64.2 Å². The highest BCUT2D eigenvalue weighted by Crippen LogP contribution is 2.19. The average molecular weight is 268 g/mol. The molecule has 2 aromatic rings. The Hall–Kier alpha value is -2.09. The molecule has 0 heterocycles. The number of ketones is 1. The monoisotopic (exact) mass is 268 g/mol. The van der Waals surface area contributed by atoms with Crippen molar-refractivity contribution in [1.82, 2.24) is 0 Å². The molecule has 0 amide bonds. The Labute approximate surface area is 120 Å². The topological polar surface area (TPSA) is 26.3 Å². The van der Waals surface area contributed by atoms with Crippen LogP contribution in [0, 0.1) is 27.7 Å². The zero-order valence-electron chi connectivity index (χ0n) is 12.5. The van der Waals surface area contributed by atoms with Crippen molar-refractivity contribution in [3.8, 4) is 5.75 Å². The second-order valence-electron chi connectivity index (χ2n) is 5.28. The minimum atomic E-state index is 0.00748. The van der Waals surface area contributed by atoms with Crippen LogP contribution in [0.5, 0.6) is 5.75 Å². The molecular formula is C18H20O2. The van der Waals surface area contributed by atoms with Gasteiger partial charge in [-0.05, 0) is 56.5 Å². The van der Waals surface area contributed by atoms with E-state index >= 15 is 0 Å². The van der Waals surface area contributed by atoms with Gasteiger partial charge in [0.1, 0.15) is 5.75 Å². The summed E-state index contributed by atoms with van der Waals surface area (Å²) in [6, 6.07) is 11.7. The number of hydrogen-bond acceptors (Lipinski definition) is 2. The molecule has 0 bridgehead atoms. The fourth-order valence-corrected chi connectivity index (χ4v) is 2.10. The molecule has 0 radical (unpaired) electrons. The maximum Gasteiger partial charge on any atom is 0.200 e. The second-order valence-corrected chi connectivity index (χ2v) is 5.28. The van der Waals surface area contributed by atoms with Gasteiger partial charge in [0, 0.05) is 5.56 Å². The highest BCUT2D eigenvalue weighted by molar-refractivity contribution is 5.97. The third kappa shape index (κ3) is 3.27. The number of ether oxygens (including phenoxy) is 1. The van der Waals surface area contributed by atoms with Crippen LogP contribution < -0.4 is 4.74 Å². The first-order valence-electron chi connectivity index (χ1n) is 6.78. The van der Waals surface area contributed by atoms with E-state index in [4.69, 9.17) is 4.74 Å². The number of carbonyl (C=O) groups excluding carboxylic acids is 1. The van der Waals surface area contributed by atoms with E-state index in [1.54, 1.807) is 0 Å².